The quantitative estimate of drug-likeness (QED) is 0.876. The van der Waals surface area contributed by atoms with Crippen molar-refractivity contribution in [2.45, 2.75) is 45.1 Å². The summed E-state index contributed by atoms with van der Waals surface area (Å²) in [5.74, 6) is 2.51. The van der Waals surface area contributed by atoms with Crippen LogP contribution in [0.15, 0.2) is 12.4 Å². The first kappa shape index (κ1) is 10.5. The molecule has 1 unspecified atom stereocenters. The van der Waals surface area contributed by atoms with E-state index in [1.807, 2.05) is 12.4 Å². The van der Waals surface area contributed by atoms with E-state index in [0.29, 0.717) is 12.0 Å². The van der Waals surface area contributed by atoms with Gasteiger partial charge in [-0.05, 0) is 26.2 Å². The van der Waals surface area contributed by atoms with Crippen molar-refractivity contribution in [3.63, 3.8) is 0 Å². The Balaban J connectivity index is 2.01. The van der Waals surface area contributed by atoms with Crippen molar-refractivity contribution in [3.05, 3.63) is 18.2 Å². The van der Waals surface area contributed by atoms with Crippen LogP contribution in [0.3, 0.4) is 0 Å². The Morgan fingerprint density at radius 1 is 1.47 bits per heavy atom. The van der Waals surface area contributed by atoms with Gasteiger partial charge in [0.1, 0.15) is 5.82 Å². The van der Waals surface area contributed by atoms with Crippen LogP contribution in [-0.4, -0.2) is 25.6 Å². The second-order valence-electron chi connectivity index (χ2n) is 4.76. The molecule has 0 spiro atoms. The fourth-order valence-corrected chi connectivity index (χ4v) is 1.90. The third kappa shape index (κ3) is 1.85. The number of aromatic nitrogens is 4. The van der Waals surface area contributed by atoms with Crippen molar-refractivity contribution < 1.29 is 0 Å². The molecule has 1 atom stereocenters. The number of hydrogen-bond donors (Lipinski definition) is 1. The average molecular weight is 231 g/mol. The molecule has 90 valence electrons. The summed E-state index contributed by atoms with van der Waals surface area (Å²) in [7, 11) is 0. The van der Waals surface area contributed by atoms with Crippen molar-refractivity contribution in [1.29, 1.82) is 0 Å². The Bertz CT molecular complexity index is 529. The van der Waals surface area contributed by atoms with Gasteiger partial charge in [-0.1, -0.05) is 6.92 Å². The van der Waals surface area contributed by atoms with Crippen LogP contribution in [0.1, 0.15) is 44.9 Å². The Kier molecular flexibility index (Phi) is 2.46. The molecule has 17 heavy (non-hydrogen) atoms. The summed E-state index contributed by atoms with van der Waals surface area (Å²) in [6.07, 6.45) is 7.29. The van der Waals surface area contributed by atoms with Crippen LogP contribution in [0.5, 0.6) is 0 Å². The highest BCUT2D eigenvalue weighted by Crippen LogP contribution is 2.39. The monoisotopic (exact) mass is 231 g/mol. The minimum Gasteiger partial charge on any atom is -0.364 e. The lowest BCUT2D eigenvalue weighted by Gasteiger charge is -2.12. The highest BCUT2D eigenvalue weighted by Gasteiger charge is 2.29. The predicted octanol–water partition coefficient (Wildman–Crippen LogP) is 2.21. The topological polar surface area (TPSA) is 55.1 Å². The maximum Gasteiger partial charge on any atom is 0.203 e. The first-order chi connectivity index (χ1) is 8.29. The van der Waals surface area contributed by atoms with Crippen molar-refractivity contribution in [3.8, 4) is 0 Å². The molecule has 0 aliphatic heterocycles. The molecule has 2 aromatic heterocycles. The molecular weight excluding hydrogens is 214 g/mol. The van der Waals surface area contributed by atoms with Gasteiger partial charge in [-0.15, -0.1) is 10.2 Å². The van der Waals surface area contributed by atoms with Crippen LogP contribution in [0.25, 0.3) is 5.65 Å². The lowest BCUT2D eigenvalue weighted by molar-refractivity contribution is 0.758. The van der Waals surface area contributed by atoms with Crippen LogP contribution in [-0.2, 0) is 0 Å². The van der Waals surface area contributed by atoms with E-state index in [9.17, 15) is 0 Å². The zero-order valence-corrected chi connectivity index (χ0v) is 10.2. The van der Waals surface area contributed by atoms with Gasteiger partial charge in [0, 0.05) is 24.4 Å². The van der Waals surface area contributed by atoms with Crippen molar-refractivity contribution in [1.82, 2.24) is 19.6 Å². The molecule has 0 amide bonds. The van der Waals surface area contributed by atoms with Gasteiger partial charge in [-0.3, -0.25) is 4.40 Å². The van der Waals surface area contributed by atoms with Crippen LogP contribution in [0.4, 0.5) is 5.82 Å². The molecule has 1 aliphatic carbocycles. The zero-order valence-electron chi connectivity index (χ0n) is 10.2. The fourth-order valence-electron chi connectivity index (χ4n) is 1.90. The van der Waals surface area contributed by atoms with Gasteiger partial charge in [0.05, 0.1) is 0 Å². The van der Waals surface area contributed by atoms with E-state index in [1.54, 1.807) is 0 Å². The van der Waals surface area contributed by atoms with Crippen molar-refractivity contribution in [2.24, 2.45) is 0 Å². The zero-order chi connectivity index (χ0) is 11.8. The van der Waals surface area contributed by atoms with E-state index in [0.717, 1.165) is 23.7 Å². The van der Waals surface area contributed by atoms with Gasteiger partial charge in [0.25, 0.3) is 0 Å². The molecule has 0 aromatic carbocycles. The molecule has 5 heteroatoms. The molecule has 2 heterocycles. The fraction of sp³-hybridized carbons (Fsp3) is 0.583. The summed E-state index contributed by atoms with van der Waals surface area (Å²) in [4.78, 5) is 4.35. The first-order valence-electron chi connectivity index (χ1n) is 6.25. The third-order valence-electron chi connectivity index (χ3n) is 3.29. The molecule has 0 saturated heterocycles. The average Bonchev–Trinajstić information content (AvgIpc) is 3.09. The molecule has 1 fully saturated rings. The van der Waals surface area contributed by atoms with Crippen LogP contribution in [0.2, 0.25) is 0 Å². The molecule has 1 saturated carbocycles. The summed E-state index contributed by atoms with van der Waals surface area (Å²) >= 11 is 0. The summed E-state index contributed by atoms with van der Waals surface area (Å²) in [5.41, 5.74) is 0.842. The maximum absolute atomic E-state index is 4.35. The van der Waals surface area contributed by atoms with Gasteiger partial charge in [-0.25, -0.2) is 4.98 Å². The Morgan fingerprint density at radius 2 is 2.29 bits per heavy atom. The van der Waals surface area contributed by atoms with E-state index in [-0.39, 0.29) is 0 Å². The summed E-state index contributed by atoms with van der Waals surface area (Å²) in [5, 5.41) is 11.9. The molecule has 3 rings (SSSR count). The standard InChI is InChI=1S/C12H17N5/c1-3-8(2)14-10-12-16-15-11(9-4-5-9)17(12)7-6-13-10/h6-9H,3-5H2,1-2H3,(H,13,14). The second kappa shape index (κ2) is 3.98. The molecular formula is C12H17N5. The van der Waals surface area contributed by atoms with E-state index < -0.39 is 0 Å². The molecule has 1 N–H and O–H groups in total. The molecule has 0 bridgehead atoms. The van der Waals surface area contributed by atoms with Gasteiger partial charge in [0.2, 0.25) is 5.65 Å². The van der Waals surface area contributed by atoms with E-state index in [1.165, 1.54) is 12.8 Å². The molecule has 5 nitrogen and oxygen atoms in total. The molecule has 1 aliphatic rings. The van der Waals surface area contributed by atoms with E-state index in [2.05, 4.69) is 38.7 Å². The highest BCUT2D eigenvalue weighted by atomic mass is 15.3. The molecule has 2 aromatic rings. The normalized spacial score (nSPS) is 17.3. The van der Waals surface area contributed by atoms with Crippen LogP contribution < -0.4 is 5.32 Å². The highest BCUT2D eigenvalue weighted by molar-refractivity contribution is 5.62. The lowest BCUT2D eigenvalue weighted by Crippen LogP contribution is -2.15. The predicted molar refractivity (Wildman–Crippen MR) is 66.1 cm³/mol. The molecule has 0 radical (unpaired) electrons. The first-order valence-corrected chi connectivity index (χ1v) is 6.25. The maximum atomic E-state index is 4.35. The van der Waals surface area contributed by atoms with Crippen molar-refractivity contribution >= 4 is 11.5 Å². The number of hydrogen-bond acceptors (Lipinski definition) is 4. The van der Waals surface area contributed by atoms with E-state index >= 15 is 0 Å². The number of fused-ring (bicyclic) bond motifs is 1. The minimum atomic E-state index is 0.398. The minimum absolute atomic E-state index is 0.398. The van der Waals surface area contributed by atoms with Gasteiger partial charge >= 0.3 is 0 Å². The van der Waals surface area contributed by atoms with Crippen molar-refractivity contribution in [2.75, 3.05) is 5.32 Å². The third-order valence-corrected chi connectivity index (χ3v) is 3.29. The number of nitrogens with one attached hydrogen (secondary N) is 1. The second-order valence-corrected chi connectivity index (χ2v) is 4.76. The van der Waals surface area contributed by atoms with Crippen LogP contribution >= 0.6 is 0 Å². The Hall–Kier alpha value is -1.65. The summed E-state index contributed by atoms with van der Waals surface area (Å²) in [6, 6.07) is 0.398. The number of anilines is 1. The Morgan fingerprint density at radius 3 is 3.00 bits per heavy atom. The van der Waals surface area contributed by atoms with Gasteiger partial charge in [0.15, 0.2) is 5.82 Å². The van der Waals surface area contributed by atoms with E-state index in [4.69, 9.17) is 0 Å². The SMILES string of the molecule is CCC(C)Nc1nccn2c(C3CC3)nnc12. The number of nitrogens with zero attached hydrogens (tertiary/aromatic N) is 4. The van der Waals surface area contributed by atoms with Gasteiger partial charge < -0.3 is 5.32 Å². The lowest BCUT2D eigenvalue weighted by atomic mass is 10.2. The number of rotatable bonds is 4. The Labute approximate surface area is 100 Å². The summed E-state index contributed by atoms with van der Waals surface area (Å²) < 4.78 is 2.06. The summed E-state index contributed by atoms with van der Waals surface area (Å²) in [6.45, 7) is 4.29. The van der Waals surface area contributed by atoms with Crippen LogP contribution in [0, 0.1) is 0 Å². The van der Waals surface area contributed by atoms with Gasteiger partial charge in [-0.2, -0.15) is 0 Å². The smallest absolute Gasteiger partial charge is 0.203 e. The largest absolute Gasteiger partial charge is 0.364 e.